The van der Waals surface area contributed by atoms with E-state index in [2.05, 4.69) is 0 Å². The molecule has 0 spiro atoms. The molecule has 0 aliphatic heterocycles. The van der Waals surface area contributed by atoms with Gasteiger partial charge in [0.1, 0.15) is 19.0 Å². The average molecular weight is 527 g/mol. The second-order valence-corrected chi connectivity index (χ2v) is 9.38. The summed E-state index contributed by atoms with van der Waals surface area (Å²) in [5, 5.41) is 11.8. The Bertz CT molecular complexity index is 1600. The van der Waals surface area contributed by atoms with E-state index in [1.165, 1.54) is 0 Å². The van der Waals surface area contributed by atoms with Crippen molar-refractivity contribution in [2.24, 2.45) is 7.05 Å². The molecule has 2 heterocycles. The standard InChI is InChI=1S/C31H27ClN2O4/c1-3-23-28(22-14-15-26-24(16-22)25(32)17-34(26)2)33-30(38-19-21-12-8-5-9-13-21)27(31(35)36)29(23)37-18-20-10-6-4-7-11-20/h4-17H,3,18-19H2,1-2H3,(H,35,36). The average Bonchev–Trinajstić information content (AvgIpc) is 3.23. The van der Waals surface area contributed by atoms with Crippen molar-refractivity contribution in [1.82, 2.24) is 9.55 Å². The van der Waals surface area contributed by atoms with E-state index in [4.69, 9.17) is 26.1 Å². The normalized spacial score (nSPS) is 11.0. The zero-order valence-corrected chi connectivity index (χ0v) is 21.9. The van der Waals surface area contributed by atoms with Crippen LogP contribution in [-0.4, -0.2) is 20.6 Å². The molecular formula is C31H27ClN2O4. The molecular weight excluding hydrogens is 500 g/mol. The molecule has 1 N–H and O–H groups in total. The second-order valence-electron chi connectivity index (χ2n) is 8.98. The fourth-order valence-electron chi connectivity index (χ4n) is 4.55. The third-order valence-electron chi connectivity index (χ3n) is 6.44. The van der Waals surface area contributed by atoms with Crippen molar-refractivity contribution in [3.8, 4) is 22.9 Å². The van der Waals surface area contributed by atoms with Gasteiger partial charge in [-0.15, -0.1) is 0 Å². The number of fused-ring (bicyclic) bond motifs is 1. The Labute approximate surface area is 226 Å². The van der Waals surface area contributed by atoms with Gasteiger partial charge < -0.3 is 19.1 Å². The monoisotopic (exact) mass is 526 g/mol. The van der Waals surface area contributed by atoms with Crippen molar-refractivity contribution in [1.29, 1.82) is 0 Å². The summed E-state index contributed by atoms with van der Waals surface area (Å²) in [6.45, 7) is 2.33. The molecule has 192 valence electrons. The molecule has 0 saturated carbocycles. The Balaban J connectivity index is 1.67. The lowest BCUT2D eigenvalue weighted by atomic mass is 9.99. The zero-order valence-electron chi connectivity index (χ0n) is 21.1. The van der Waals surface area contributed by atoms with Gasteiger partial charge in [0.25, 0.3) is 0 Å². The Morgan fingerprint density at radius 2 is 1.58 bits per heavy atom. The van der Waals surface area contributed by atoms with E-state index < -0.39 is 5.97 Å². The third kappa shape index (κ3) is 5.08. The van der Waals surface area contributed by atoms with Crippen LogP contribution < -0.4 is 9.47 Å². The maximum Gasteiger partial charge on any atom is 0.345 e. The molecule has 3 aromatic carbocycles. The van der Waals surface area contributed by atoms with Gasteiger partial charge in [0, 0.05) is 35.3 Å². The molecule has 0 fully saturated rings. The van der Waals surface area contributed by atoms with Crippen molar-refractivity contribution < 1.29 is 19.4 Å². The van der Waals surface area contributed by atoms with Gasteiger partial charge >= 0.3 is 5.97 Å². The lowest BCUT2D eigenvalue weighted by Gasteiger charge is -2.20. The van der Waals surface area contributed by atoms with Crippen LogP contribution in [0.25, 0.3) is 22.2 Å². The first kappa shape index (κ1) is 25.4. The molecule has 0 unspecified atom stereocenters. The number of aromatic nitrogens is 2. The number of pyridine rings is 1. The highest BCUT2D eigenvalue weighted by atomic mass is 35.5. The largest absolute Gasteiger partial charge is 0.487 e. The number of ether oxygens (including phenoxy) is 2. The Morgan fingerprint density at radius 3 is 2.18 bits per heavy atom. The Morgan fingerprint density at radius 1 is 0.947 bits per heavy atom. The van der Waals surface area contributed by atoms with Crippen molar-refractivity contribution in [2.45, 2.75) is 26.6 Å². The van der Waals surface area contributed by atoms with Gasteiger partial charge in [-0.3, -0.25) is 0 Å². The van der Waals surface area contributed by atoms with E-state index in [-0.39, 0.29) is 30.4 Å². The molecule has 6 nitrogen and oxygen atoms in total. The minimum absolute atomic E-state index is 0.0101. The van der Waals surface area contributed by atoms with Gasteiger partial charge in [0.05, 0.1) is 10.7 Å². The summed E-state index contributed by atoms with van der Waals surface area (Å²) in [7, 11) is 1.94. The second kappa shape index (κ2) is 11.0. The van der Waals surface area contributed by atoms with Crippen LogP contribution in [0.4, 0.5) is 0 Å². The van der Waals surface area contributed by atoms with E-state index in [0.717, 1.165) is 27.6 Å². The molecule has 7 heteroatoms. The molecule has 0 saturated heterocycles. The van der Waals surface area contributed by atoms with E-state index >= 15 is 0 Å². The molecule has 0 aliphatic carbocycles. The minimum atomic E-state index is -1.16. The number of nitrogens with zero attached hydrogens (tertiary/aromatic N) is 2. The molecule has 0 atom stereocenters. The summed E-state index contributed by atoms with van der Waals surface area (Å²) in [6, 6.07) is 25.1. The van der Waals surface area contributed by atoms with Crippen LogP contribution in [0.15, 0.2) is 85.1 Å². The third-order valence-corrected chi connectivity index (χ3v) is 6.74. The molecule has 38 heavy (non-hydrogen) atoms. The molecule has 0 amide bonds. The summed E-state index contributed by atoms with van der Waals surface area (Å²) in [5.41, 5.74) is 4.82. The van der Waals surface area contributed by atoms with Gasteiger partial charge in [-0.25, -0.2) is 9.78 Å². The first-order chi connectivity index (χ1) is 18.5. The lowest BCUT2D eigenvalue weighted by Crippen LogP contribution is -2.12. The quantitative estimate of drug-likeness (QED) is 0.218. The van der Waals surface area contributed by atoms with Gasteiger partial charge in [-0.1, -0.05) is 85.3 Å². The molecule has 5 rings (SSSR count). The van der Waals surface area contributed by atoms with Gasteiger partial charge in [0.2, 0.25) is 5.88 Å². The molecule has 0 bridgehead atoms. The van der Waals surface area contributed by atoms with Crippen LogP contribution in [0.3, 0.4) is 0 Å². The van der Waals surface area contributed by atoms with E-state index in [0.29, 0.717) is 22.7 Å². The number of halogens is 1. The van der Waals surface area contributed by atoms with Crippen LogP contribution in [-0.2, 0) is 26.7 Å². The molecule has 2 aromatic heterocycles. The summed E-state index contributed by atoms with van der Waals surface area (Å²) >= 11 is 6.51. The number of carbonyl (C=O) groups is 1. The maximum absolute atomic E-state index is 12.6. The van der Waals surface area contributed by atoms with E-state index in [9.17, 15) is 9.90 Å². The predicted octanol–water partition coefficient (Wildman–Crippen LogP) is 7.31. The highest BCUT2D eigenvalue weighted by Crippen LogP contribution is 2.40. The Hall–Kier alpha value is -4.29. The Kier molecular flexibility index (Phi) is 7.33. The van der Waals surface area contributed by atoms with Gasteiger partial charge in [-0.2, -0.15) is 0 Å². The number of hydrogen-bond acceptors (Lipinski definition) is 4. The van der Waals surface area contributed by atoms with Crippen LogP contribution in [0, 0.1) is 0 Å². The van der Waals surface area contributed by atoms with E-state index in [1.807, 2.05) is 104 Å². The number of carboxylic acids is 1. The number of benzene rings is 3. The highest BCUT2D eigenvalue weighted by molar-refractivity contribution is 6.35. The summed E-state index contributed by atoms with van der Waals surface area (Å²) in [4.78, 5) is 17.4. The topological polar surface area (TPSA) is 73.6 Å². The summed E-state index contributed by atoms with van der Waals surface area (Å²) in [6.07, 6.45) is 2.37. The van der Waals surface area contributed by atoms with Crippen molar-refractivity contribution in [3.63, 3.8) is 0 Å². The zero-order chi connectivity index (χ0) is 26.6. The SMILES string of the molecule is CCc1c(-c2ccc3c(c2)c(Cl)cn3C)nc(OCc2ccccc2)c(C(=O)O)c1OCc1ccccc1. The summed E-state index contributed by atoms with van der Waals surface area (Å²) < 4.78 is 14.3. The van der Waals surface area contributed by atoms with Crippen molar-refractivity contribution >= 4 is 28.5 Å². The first-order valence-electron chi connectivity index (χ1n) is 12.3. The van der Waals surface area contributed by atoms with E-state index in [1.54, 1.807) is 0 Å². The van der Waals surface area contributed by atoms with Crippen molar-refractivity contribution in [2.75, 3.05) is 0 Å². The van der Waals surface area contributed by atoms with Crippen LogP contribution >= 0.6 is 11.6 Å². The maximum atomic E-state index is 12.6. The smallest absolute Gasteiger partial charge is 0.345 e. The lowest BCUT2D eigenvalue weighted by molar-refractivity contribution is 0.0684. The van der Waals surface area contributed by atoms with Crippen LogP contribution in [0.2, 0.25) is 5.02 Å². The fourth-order valence-corrected chi connectivity index (χ4v) is 4.84. The van der Waals surface area contributed by atoms with Gasteiger partial charge in [0.15, 0.2) is 5.56 Å². The van der Waals surface area contributed by atoms with Crippen LogP contribution in [0.1, 0.15) is 34.0 Å². The number of hydrogen-bond donors (Lipinski definition) is 1. The number of aryl methyl sites for hydroxylation is 1. The summed E-state index contributed by atoms with van der Waals surface area (Å²) in [5.74, 6) is -0.890. The van der Waals surface area contributed by atoms with Crippen molar-refractivity contribution in [3.05, 3.63) is 112 Å². The highest BCUT2D eigenvalue weighted by Gasteiger charge is 2.27. The van der Waals surface area contributed by atoms with Gasteiger partial charge in [-0.05, 0) is 29.7 Å². The number of aromatic carboxylic acids is 1. The fraction of sp³-hybridized carbons (Fsp3) is 0.161. The number of carboxylic acid groups (broad SMARTS) is 1. The predicted molar refractivity (Wildman–Crippen MR) is 149 cm³/mol. The molecule has 0 aliphatic rings. The number of rotatable bonds is 9. The molecule has 5 aromatic rings. The minimum Gasteiger partial charge on any atom is -0.487 e. The molecule has 0 radical (unpaired) electrons. The first-order valence-corrected chi connectivity index (χ1v) is 12.7. The van der Waals surface area contributed by atoms with Crippen LogP contribution in [0.5, 0.6) is 11.6 Å².